The van der Waals surface area contributed by atoms with Crippen molar-refractivity contribution in [3.05, 3.63) is 64.5 Å². The van der Waals surface area contributed by atoms with E-state index < -0.39 is 29.6 Å². The lowest BCUT2D eigenvalue weighted by atomic mass is 9.98. The molecule has 3 unspecified atom stereocenters. The Labute approximate surface area is 158 Å². The molecule has 8 heteroatoms. The fourth-order valence-corrected chi connectivity index (χ4v) is 4.00. The molecule has 0 aliphatic carbocycles. The van der Waals surface area contributed by atoms with Crippen molar-refractivity contribution in [3.8, 4) is 5.75 Å². The summed E-state index contributed by atoms with van der Waals surface area (Å²) in [5.74, 6) is -2.11. The number of halogens is 4. The highest BCUT2D eigenvalue weighted by Gasteiger charge is 2.42. The van der Waals surface area contributed by atoms with Crippen LogP contribution in [0.1, 0.15) is 45.9 Å². The first-order valence-electron chi connectivity index (χ1n) is 8.88. The summed E-state index contributed by atoms with van der Waals surface area (Å²) in [6.07, 6.45) is -3.77. The Morgan fingerprint density at radius 3 is 2.46 bits per heavy atom. The SMILES string of the molecule is O=C(O)c1ccc(C2CCC(C3Cc4c(C(F)(F)F)ccc(F)c4O3)N2)cc1. The second-order valence-electron chi connectivity index (χ2n) is 7.09. The molecular weight excluding hydrogens is 378 g/mol. The molecule has 2 aromatic carbocycles. The third-order valence-electron chi connectivity index (χ3n) is 5.38. The molecule has 2 N–H and O–H groups in total. The maximum Gasteiger partial charge on any atom is 0.416 e. The van der Waals surface area contributed by atoms with Gasteiger partial charge in [-0.1, -0.05) is 12.1 Å². The molecule has 3 atom stereocenters. The second-order valence-corrected chi connectivity index (χ2v) is 7.09. The molecule has 0 bridgehead atoms. The van der Waals surface area contributed by atoms with Gasteiger partial charge in [0.2, 0.25) is 0 Å². The van der Waals surface area contributed by atoms with Crippen LogP contribution in [0.3, 0.4) is 0 Å². The first kappa shape index (κ1) is 18.7. The lowest BCUT2D eigenvalue weighted by Crippen LogP contribution is -2.38. The molecule has 28 heavy (non-hydrogen) atoms. The van der Waals surface area contributed by atoms with E-state index in [-0.39, 0.29) is 35.4 Å². The number of alkyl halides is 3. The van der Waals surface area contributed by atoms with Crippen molar-refractivity contribution >= 4 is 5.97 Å². The zero-order chi connectivity index (χ0) is 20.1. The minimum absolute atomic E-state index is 0.00965. The van der Waals surface area contributed by atoms with Crippen LogP contribution in [0.25, 0.3) is 0 Å². The van der Waals surface area contributed by atoms with Crippen LogP contribution in [0.4, 0.5) is 17.6 Å². The van der Waals surface area contributed by atoms with Gasteiger partial charge in [0.25, 0.3) is 0 Å². The number of carboxylic acids is 1. The highest BCUT2D eigenvalue weighted by atomic mass is 19.4. The molecule has 0 aromatic heterocycles. The third kappa shape index (κ3) is 3.32. The molecule has 0 spiro atoms. The Morgan fingerprint density at radius 1 is 1.11 bits per heavy atom. The highest BCUT2D eigenvalue weighted by molar-refractivity contribution is 5.87. The lowest BCUT2D eigenvalue weighted by Gasteiger charge is -2.20. The first-order chi connectivity index (χ1) is 13.2. The molecule has 1 fully saturated rings. The molecule has 2 aliphatic rings. The summed E-state index contributed by atoms with van der Waals surface area (Å²) in [5, 5.41) is 12.3. The van der Waals surface area contributed by atoms with Gasteiger partial charge < -0.3 is 15.2 Å². The topological polar surface area (TPSA) is 58.6 Å². The number of aromatic carboxylic acids is 1. The van der Waals surface area contributed by atoms with Crippen LogP contribution in [0, 0.1) is 5.82 Å². The van der Waals surface area contributed by atoms with Gasteiger partial charge >= 0.3 is 12.1 Å². The van der Waals surface area contributed by atoms with Crippen molar-refractivity contribution < 1.29 is 32.2 Å². The summed E-state index contributed by atoms with van der Waals surface area (Å²) < 4.78 is 59.2. The summed E-state index contributed by atoms with van der Waals surface area (Å²) in [6, 6.07) is 7.72. The Hall–Kier alpha value is -2.61. The Kier molecular flexibility index (Phi) is 4.53. The first-order valence-corrected chi connectivity index (χ1v) is 8.88. The normalized spacial score (nSPS) is 24.1. The van der Waals surface area contributed by atoms with Gasteiger partial charge in [0.05, 0.1) is 11.1 Å². The monoisotopic (exact) mass is 395 g/mol. The van der Waals surface area contributed by atoms with Crippen molar-refractivity contribution in [2.24, 2.45) is 0 Å². The number of nitrogens with one attached hydrogen (secondary N) is 1. The number of ether oxygens (including phenoxy) is 1. The van der Waals surface area contributed by atoms with E-state index in [9.17, 15) is 22.4 Å². The predicted octanol–water partition coefficient (Wildman–Crippen LogP) is 4.34. The molecule has 4 nitrogen and oxygen atoms in total. The van der Waals surface area contributed by atoms with Crippen LogP contribution < -0.4 is 10.1 Å². The van der Waals surface area contributed by atoms with E-state index in [0.29, 0.717) is 6.42 Å². The largest absolute Gasteiger partial charge is 0.485 e. The van der Waals surface area contributed by atoms with E-state index in [4.69, 9.17) is 9.84 Å². The molecule has 4 rings (SSSR count). The Balaban J connectivity index is 1.49. The van der Waals surface area contributed by atoms with E-state index >= 15 is 0 Å². The van der Waals surface area contributed by atoms with Crippen molar-refractivity contribution in [2.45, 2.75) is 43.6 Å². The minimum atomic E-state index is -4.56. The van der Waals surface area contributed by atoms with Gasteiger partial charge in [0, 0.05) is 24.1 Å². The Bertz CT molecular complexity index is 911. The molecule has 148 valence electrons. The number of hydrogen-bond donors (Lipinski definition) is 2. The summed E-state index contributed by atoms with van der Waals surface area (Å²) >= 11 is 0. The van der Waals surface area contributed by atoms with Crippen LogP contribution in [-0.2, 0) is 12.6 Å². The maximum absolute atomic E-state index is 14.0. The maximum atomic E-state index is 14.0. The smallest absolute Gasteiger partial charge is 0.416 e. The molecule has 0 saturated carbocycles. The quantitative estimate of drug-likeness (QED) is 0.760. The summed E-state index contributed by atoms with van der Waals surface area (Å²) in [5.41, 5.74) is 0.0898. The van der Waals surface area contributed by atoms with E-state index in [1.54, 1.807) is 12.1 Å². The van der Waals surface area contributed by atoms with E-state index in [1.807, 2.05) is 0 Å². The number of carboxylic acid groups (broad SMARTS) is 1. The fourth-order valence-electron chi connectivity index (χ4n) is 4.00. The van der Waals surface area contributed by atoms with Crippen LogP contribution in [0.15, 0.2) is 36.4 Å². The highest BCUT2D eigenvalue weighted by Crippen LogP contribution is 2.43. The Morgan fingerprint density at radius 2 is 1.82 bits per heavy atom. The number of carbonyl (C=O) groups is 1. The lowest BCUT2D eigenvalue weighted by molar-refractivity contribution is -0.138. The molecule has 0 radical (unpaired) electrons. The van der Waals surface area contributed by atoms with Crippen molar-refractivity contribution in [1.82, 2.24) is 5.32 Å². The van der Waals surface area contributed by atoms with E-state index in [1.165, 1.54) is 12.1 Å². The number of fused-ring (bicyclic) bond motifs is 1. The zero-order valence-corrected chi connectivity index (χ0v) is 14.6. The van der Waals surface area contributed by atoms with Gasteiger partial charge in [-0.2, -0.15) is 13.2 Å². The molecule has 2 heterocycles. The average molecular weight is 395 g/mol. The summed E-state index contributed by atoms with van der Waals surface area (Å²) in [6.45, 7) is 0. The van der Waals surface area contributed by atoms with Gasteiger partial charge in [-0.05, 0) is 42.7 Å². The molecule has 1 saturated heterocycles. The fraction of sp³-hybridized carbons (Fsp3) is 0.350. The molecular formula is C20H17F4NO3. The van der Waals surface area contributed by atoms with Crippen molar-refractivity contribution in [1.29, 1.82) is 0 Å². The summed E-state index contributed by atoms with van der Waals surface area (Å²) in [7, 11) is 0. The van der Waals surface area contributed by atoms with Gasteiger partial charge in [0.15, 0.2) is 11.6 Å². The number of hydrogen-bond acceptors (Lipinski definition) is 3. The number of benzene rings is 2. The minimum Gasteiger partial charge on any atom is -0.485 e. The standard InChI is InChI=1S/C20H17F4NO3/c21-14-6-5-13(20(22,23)24)12-9-17(28-18(12)14)16-8-7-15(25-16)10-1-3-11(4-2-10)19(26)27/h1-6,15-17,25H,7-9H2,(H,26,27). The van der Waals surface area contributed by atoms with Gasteiger partial charge in [0.1, 0.15) is 6.10 Å². The zero-order valence-electron chi connectivity index (χ0n) is 14.6. The van der Waals surface area contributed by atoms with Crippen LogP contribution >= 0.6 is 0 Å². The van der Waals surface area contributed by atoms with Crippen molar-refractivity contribution in [3.63, 3.8) is 0 Å². The van der Waals surface area contributed by atoms with Crippen LogP contribution in [-0.4, -0.2) is 23.2 Å². The van der Waals surface area contributed by atoms with Gasteiger partial charge in [-0.25, -0.2) is 9.18 Å². The van der Waals surface area contributed by atoms with Crippen LogP contribution in [0.5, 0.6) is 5.75 Å². The molecule has 2 aromatic rings. The average Bonchev–Trinajstić information content (AvgIpc) is 3.28. The van der Waals surface area contributed by atoms with Gasteiger partial charge in [-0.3, -0.25) is 0 Å². The van der Waals surface area contributed by atoms with E-state index in [0.717, 1.165) is 24.1 Å². The van der Waals surface area contributed by atoms with Gasteiger partial charge in [-0.15, -0.1) is 0 Å². The van der Waals surface area contributed by atoms with Crippen molar-refractivity contribution in [2.75, 3.05) is 0 Å². The third-order valence-corrected chi connectivity index (χ3v) is 5.38. The molecule has 0 amide bonds. The predicted molar refractivity (Wildman–Crippen MR) is 91.8 cm³/mol. The molecule has 2 aliphatic heterocycles. The van der Waals surface area contributed by atoms with Crippen LogP contribution in [0.2, 0.25) is 0 Å². The number of rotatable bonds is 3. The summed E-state index contributed by atoms with van der Waals surface area (Å²) in [4.78, 5) is 11.0. The van der Waals surface area contributed by atoms with E-state index in [2.05, 4.69) is 5.32 Å². The second kappa shape index (κ2) is 6.77.